The molecule has 0 atom stereocenters. The SMILES string of the molecule is CNC(=S)N1CCN(Cc2cc(OC)ccc2OC)CC1. The third-order valence-electron chi connectivity index (χ3n) is 3.75. The van der Waals surface area contributed by atoms with Gasteiger partial charge in [-0.25, -0.2) is 0 Å². The monoisotopic (exact) mass is 309 g/mol. The molecule has 5 nitrogen and oxygen atoms in total. The minimum atomic E-state index is 0.827. The first kappa shape index (κ1) is 15.9. The number of nitrogens with zero attached hydrogens (tertiary/aromatic N) is 2. The second-order valence-electron chi connectivity index (χ2n) is 5.00. The summed E-state index contributed by atoms with van der Waals surface area (Å²) in [6.07, 6.45) is 0. The number of benzene rings is 1. The molecule has 1 fully saturated rings. The van der Waals surface area contributed by atoms with Crippen LogP contribution in [0.25, 0.3) is 0 Å². The lowest BCUT2D eigenvalue weighted by Crippen LogP contribution is -2.50. The highest BCUT2D eigenvalue weighted by atomic mass is 32.1. The molecule has 0 amide bonds. The molecular weight excluding hydrogens is 286 g/mol. The van der Waals surface area contributed by atoms with Gasteiger partial charge < -0.3 is 19.7 Å². The Labute approximate surface area is 131 Å². The highest BCUT2D eigenvalue weighted by Crippen LogP contribution is 2.25. The number of nitrogens with one attached hydrogen (secondary N) is 1. The van der Waals surface area contributed by atoms with Crippen molar-refractivity contribution in [3.8, 4) is 11.5 Å². The van der Waals surface area contributed by atoms with E-state index in [1.54, 1.807) is 14.2 Å². The van der Waals surface area contributed by atoms with Gasteiger partial charge in [-0.2, -0.15) is 0 Å². The van der Waals surface area contributed by atoms with Gasteiger partial charge in [-0.1, -0.05) is 0 Å². The molecule has 1 aromatic rings. The summed E-state index contributed by atoms with van der Waals surface area (Å²) in [7, 11) is 5.26. The summed E-state index contributed by atoms with van der Waals surface area (Å²) in [5, 5.41) is 3.86. The molecule has 0 unspecified atom stereocenters. The summed E-state index contributed by atoms with van der Waals surface area (Å²) in [6, 6.07) is 5.93. The largest absolute Gasteiger partial charge is 0.497 e. The highest BCUT2D eigenvalue weighted by molar-refractivity contribution is 7.80. The van der Waals surface area contributed by atoms with Gasteiger partial charge in [-0.15, -0.1) is 0 Å². The maximum Gasteiger partial charge on any atom is 0.168 e. The molecular formula is C15H23N3O2S. The van der Waals surface area contributed by atoms with Crippen LogP contribution < -0.4 is 14.8 Å². The fourth-order valence-corrected chi connectivity index (χ4v) is 2.70. The number of hydrogen-bond acceptors (Lipinski definition) is 4. The molecule has 0 bridgehead atoms. The molecule has 0 saturated carbocycles. The zero-order valence-corrected chi connectivity index (χ0v) is 13.7. The number of ether oxygens (including phenoxy) is 2. The Balaban J connectivity index is 1.98. The first-order chi connectivity index (χ1) is 10.2. The number of methoxy groups -OCH3 is 2. The number of hydrogen-bond donors (Lipinski definition) is 1. The number of thiocarbonyl (C=S) groups is 1. The first-order valence-electron chi connectivity index (χ1n) is 7.08. The minimum Gasteiger partial charge on any atom is -0.497 e. The van der Waals surface area contributed by atoms with E-state index in [0.717, 1.165) is 54.9 Å². The van der Waals surface area contributed by atoms with E-state index in [4.69, 9.17) is 21.7 Å². The van der Waals surface area contributed by atoms with Crippen molar-refractivity contribution in [2.75, 3.05) is 47.4 Å². The van der Waals surface area contributed by atoms with Crippen molar-refractivity contribution in [1.29, 1.82) is 0 Å². The Hall–Kier alpha value is -1.53. The Morgan fingerprint density at radius 1 is 1.19 bits per heavy atom. The predicted octanol–water partition coefficient (Wildman–Crippen LogP) is 1.33. The molecule has 0 spiro atoms. The van der Waals surface area contributed by atoms with Gasteiger partial charge in [0, 0.05) is 45.3 Å². The molecule has 0 aliphatic carbocycles. The normalized spacial score (nSPS) is 15.7. The number of rotatable bonds is 4. The summed E-state index contributed by atoms with van der Waals surface area (Å²) in [4.78, 5) is 4.61. The summed E-state index contributed by atoms with van der Waals surface area (Å²) in [5.74, 6) is 1.77. The van der Waals surface area contributed by atoms with Crippen LogP contribution in [-0.2, 0) is 6.54 Å². The van der Waals surface area contributed by atoms with Gasteiger partial charge in [-0.05, 0) is 30.4 Å². The second-order valence-corrected chi connectivity index (χ2v) is 5.38. The van der Waals surface area contributed by atoms with Gasteiger partial charge in [-0.3, -0.25) is 4.90 Å². The van der Waals surface area contributed by atoms with Crippen molar-refractivity contribution >= 4 is 17.3 Å². The molecule has 0 aromatic heterocycles. The van der Waals surface area contributed by atoms with Crippen molar-refractivity contribution in [3.05, 3.63) is 23.8 Å². The van der Waals surface area contributed by atoms with Crippen LogP contribution in [0.15, 0.2) is 18.2 Å². The van der Waals surface area contributed by atoms with E-state index >= 15 is 0 Å². The van der Waals surface area contributed by atoms with E-state index in [-0.39, 0.29) is 0 Å². The maximum absolute atomic E-state index is 5.44. The summed E-state index contributed by atoms with van der Waals surface area (Å²) in [6.45, 7) is 4.74. The lowest BCUT2D eigenvalue weighted by molar-refractivity contribution is 0.173. The van der Waals surface area contributed by atoms with Gasteiger partial charge in [0.1, 0.15) is 11.5 Å². The lowest BCUT2D eigenvalue weighted by Gasteiger charge is -2.36. The Bertz CT molecular complexity index is 488. The molecule has 6 heteroatoms. The molecule has 1 saturated heterocycles. The fraction of sp³-hybridized carbons (Fsp3) is 0.533. The van der Waals surface area contributed by atoms with Gasteiger partial charge in [0.2, 0.25) is 0 Å². The predicted molar refractivity (Wildman–Crippen MR) is 88.1 cm³/mol. The lowest BCUT2D eigenvalue weighted by atomic mass is 10.1. The van der Waals surface area contributed by atoms with Gasteiger partial charge in [0.15, 0.2) is 5.11 Å². The molecule has 21 heavy (non-hydrogen) atoms. The average Bonchev–Trinajstić information content (AvgIpc) is 2.54. The summed E-state index contributed by atoms with van der Waals surface area (Å²) < 4.78 is 10.7. The molecule has 1 aliphatic rings. The van der Waals surface area contributed by atoms with E-state index in [0.29, 0.717) is 0 Å². The zero-order valence-electron chi connectivity index (χ0n) is 12.9. The van der Waals surface area contributed by atoms with Crippen LogP contribution in [0.2, 0.25) is 0 Å². The van der Waals surface area contributed by atoms with Crippen LogP contribution in [0, 0.1) is 0 Å². The molecule has 116 valence electrons. The maximum atomic E-state index is 5.44. The van der Waals surface area contributed by atoms with E-state index in [1.807, 2.05) is 25.2 Å². The summed E-state index contributed by atoms with van der Waals surface area (Å²) in [5.41, 5.74) is 1.15. The van der Waals surface area contributed by atoms with E-state index < -0.39 is 0 Å². The molecule has 1 heterocycles. The molecule has 0 radical (unpaired) electrons. The van der Waals surface area contributed by atoms with Crippen LogP contribution in [-0.4, -0.2) is 62.4 Å². The van der Waals surface area contributed by atoms with Gasteiger partial charge in [0.25, 0.3) is 0 Å². The quantitative estimate of drug-likeness (QED) is 0.846. The smallest absolute Gasteiger partial charge is 0.168 e. The Morgan fingerprint density at radius 3 is 2.48 bits per heavy atom. The van der Waals surface area contributed by atoms with Crippen LogP contribution in [0.5, 0.6) is 11.5 Å². The Morgan fingerprint density at radius 2 is 1.90 bits per heavy atom. The first-order valence-corrected chi connectivity index (χ1v) is 7.48. The van der Waals surface area contributed by atoms with Crippen molar-refractivity contribution in [2.45, 2.75) is 6.54 Å². The number of piperazine rings is 1. The standard InChI is InChI=1S/C15H23N3O2S/c1-16-15(21)18-8-6-17(7-9-18)11-12-10-13(19-2)4-5-14(12)20-3/h4-5,10H,6-9,11H2,1-3H3,(H,16,21). The zero-order chi connectivity index (χ0) is 15.2. The van der Waals surface area contributed by atoms with Crippen LogP contribution >= 0.6 is 12.2 Å². The van der Waals surface area contributed by atoms with Crippen molar-refractivity contribution in [3.63, 3.8) is 0 Å². The molecule has 1 aliphatic heterocycles. The van der Waals surface area contributed by atoms with E-state index in [9.17, 15) is 0 Å². The highest BCUT2D eigenvalue weighted by Gasteiger charge is 2.19. The fourth-order valence-electron chi connectivity index (χ4n) is 2.51. The van der Waals surface area contributed by atoms with Crippen molar-refractivity contribution in [2.24, 2.45) is 0 Å². The van der Waals surface area contributed by atoms with Gasteiger partial charge in [0.05, 0.1) is 14.2 Å². The topological polar surface area (TPSA) is 37.0 Å². The van der Waals surface area contributed by atoms with Gasteiger partial charge >= 0.3 is 0 Å². The van der Waals surface area contributed by atoms with E-state index in [2.05, 4.69) is 15.1 Å². The minimum absolute atomic E-state index is 0.827. The van der Waals surface area contributed by atoms with Crippen LogP contribution in [0.1, 0.15) is 5.56 Å². The second kappa shape index (κ2) is 7.47. The Kier molecular flexibility index (Phi) is 5.64. The molecule has 2 rings (SSSR count). The third-order valence-corrected chi connectivity index (χ3v) is 4.22. The van der Waals surface area contributed by atoms with E-state index in [1.165, 1.54) is 0 Å². The van der Waals surface area contributed by atoms with Crippen molar-refractivity contribution < 1.29 is 9.47 Å². The van der Waals surface area contributed by atoms with Crippen LogP contribution in [0.3, 0.4) is 0 Å². The summed E-state index contributed by atoms with van der Waals surface area (Å²) >= 11 is 5.28. The van der Waals surface area contributed by atoms with Crippen LogP contribution in [0.4, 0.5) is 0 Å². The average molecular weight is 309 g/mol. The third kappa shape index (κ3) is 3.98. The molecule has 1 N–H and O–H groups in total. The molecule has 1 aromatic carbocycles. The van der Waals surface area contributed by atoms with Crippen molar-refractivity contribution in [1.82, 2.24) is 15.1 Å².